The van der Waals surface area contributed by atoms with Gasteiger partial charge in [0, 0.05) is 0 Å². The van der Waals surface area contributed by atoms with E-state index in [2.05, 4.69) is 33.8 Å². The van der Waals surface area contributed by atoms with Crippen LogP contribution >= 0.6 is 0 Å². The molecule has 0 N–H and O–H groups in total. The van der Waals surface area contributed by atoms with Crippen molar-refractivity contribution >= 4 is 0 Å². The van der Waals surface area contributed by atoms with Gasteiger partial charge in [-0.2, -0.15) is 0 Å². The van der Waals surface area contributed by atoms with Crippen LogP contribution in [0, 0.1) is 28.6 Å². The zero-order valence-corrected chi connectivity index (χ0v) is 10.6. The summed E-state index contributed by atoms with van der Waals surface area (Å²) in [4.78, 5) is 0. The van der Waals surface area contributed by atoms with Crippen molar-refractivity contribution in [2.75, 3.05) is 0 Å². The van der Waals surface area contributed by atoms with Gasteiger partial charge in [0.05, 0.1) is 0 Å². The molecule has 0 nitrogen and oxygen atoms in total. The van der Waals surface area contributed by atoms with Crippen LogP contribution < -0.4 is 0 Å². The molecule has 3 aliphatic rings. The highest BCUT2D eigenvalue weighted by atomic mass is 14.6. The molecule has 84 valence electrons. The Labute approximate surface area is 94.1 Å². The van der Waals surface area contributed by atoms with Gasteiger partial charge in [-0.15, -0.1) is 0 Å². The maximum atomic E-state index is 2.59. The molecule has 0 radical (unpaired) electrons. The van der Waals surface area contributed by atoms with Crippen molar-refractivity contribution in [3.63, 3.8) is 0 Å². The number of hydrogen-bond donors (Lipinski definition) is 0. The second-order valence-corrected chi connectivity index (χ2v) is 7.37. The molecular weight excluding hydrogens is 180 g/mol. The molecule has 3 aliphatic carbocycles. The maximum absolute atomic E-state index is 2.59. The lowest BCUT2D eigenvalue weighted by atomic mass is 9.75. The molecular formula is C15H24. The van der Waals surface area contributed by atoms with Gasteiger partial charge < -0.3 is 0 Å². The molecule has 0 spiro atoms. The predicted octanol–water partition coefficient (Wildman–Crippen LogP) is 4.42. The van der Waals surface area contributed by atoms with Crippen LogP contribution in [-0.2, 0) is 0 Å². The van der Waals surface area contributed by atoms with Gasteiger partial charge in [-0.05, 0) is 54.3 Å². The van der Waals surface area contributed by atoms with Gasteiger partial charge in [-0.3, -0.25) is 0 Å². The third-order valence-corrected chi connectivity index (χ3v) is 5.44. The van der Waals surface area contributed by atoms with E-state index in [-0.39, 0.29) is 0 Å². The molecule has 0 unspecified atom stereocenters. The second kappa shape index (κ2) is 2.70. The third kappa shape index (κ3) is 1.33. The first kappa shape index (κ1) is 9.93. The minimum Gasteiger partial charge on any atom is -0.0842 e. The van der Waals surface area contributed by atoms with Crippen LogP contribution in [0.2, 0.25) is 0 Å². The molecule has 3 rings (SSSR count). The molecule has 0 amide bonds. The normalized spacial score (nSPS) is 51.5. The van der Waals surface area contributed by atoms with Crippen LogP contribution in [0.5, 0.6) is 0 Å². The van der Waals surface area contributed by atoms with Crippen molar-refractivity contribution in [1.82, 2.24) is 0 Å². The number of rotatable bonds is 0. The van der Waals surface area contributed by atoms with Gasteiger partial charge >= 0.3 is 0 Å². The molecule has 4 atom stereocenters. The smallest absolute Gasteiger partial charge is 0.00818 e. The quantitative estimate of drug-likeness (QED) is 0.513. The van der Waals surface area contributed by atoms with Crippen LogP contribution in [-0.4, -0.2) is 0 Å². The highest BCUT2D eigenvalue weighted by molar-refractivity contribution is 5.32. The highest BCUT2D eigenvalue weighted by Crippen LogP contribution is 2.68. The topological polar surface area (TPSA) is 0 Å². The number of allylic oxidation sites excluding steroid dienone is 2. The summed E-state index contributed by atoms with van der Waals surface area (Å²) in [6.07, 6.45) is 8.32. The lowest BCUT2D eigenvalue weighted by molar-refractivity contribution is 0.237. The van der Waals surface area contributed by atoms with E-state index in [1.807, 2.05) is 5.57 Å². The summed E-state index contributed by atoms with van der Waals surface area (Å²) < 4.78 is 0. The Kier molecular flexibility index (Phi) is 1.79. The first-order valence-electron chi connectivity index (χ1n) is 6.63. The van der Waals surface area contributed by atoms with Crippen LogP contribution in [0.3, 0.4) is 0 Å². The average Bonchev–Trinajstić information content (AvgIpc) is 2.59. The van der Waals surface area contributed by atoms with E-state index in [1.165, 1.54) is 25.7 Å². The molecule has 0 aliphatic heterocycles. The molecule has 2 fully saturated rings. The first-order chi connectivity index (χ1) is 6.92. The minimum absolute atomic E-state index is 0.585. The van der Waals surface area contributed by atoms with Crippen molar-refractivity contribution in [2.45, 2.75) is 53.4 Å². The van der Waals surface area contributed by atoms with E-state index in [1.54, 1.807) is 0 Å². The summed E-state index contributed by atoms with van der Waals surface area (Å²) in [5, 5.41) is 0. The Bertz CT molecular complexity index is 323. The zero-order chi connectivity index (χ0) is 10.8. The van der Waals surface area contributed by atoms with Gasteiger partial charge in [0.15, 0.2) is 0 Å². The Balaban J connectivity index is 1.98. The van der Waals surface area contributed by atoms with Crippen LogP contribution in [0.1, 0.15) is 53.4 Å². The van der Waals surface area contributed by atoms with Crippen LogP contribution in [0.15, 0.2) is 11.6 Å². The van der Waals surface area contributed by atoms with E-state index in [9.17, 15) is 0 Å². The molecule has 15 heavy (non-hydrogen) atoms. The SMILES string of the molecule is C[C@H]1CC=C2[C@@H]1CC(C)(C)C[C@H]1C[C@@]21C. The van der Waals surface area contributed by atoms with Gasteiger partial charge in [0.2, 0.25) is 0 Å². The van der Waals surface area contributed by atoms with Crippen LogP contribution in [0.25, 0.3) is 0 Å². The monoisotopic (exact) mass is 204 g/mol. The summed E-state index contributed by atoms with van der Waals surface area (Å²) in [5.41, 5.74) is 3.07. The molecule has 0 aromatic heterocycles. The third-order valence-electron chi connectivity index (χ3n) is 5.44. The van der Waals surface area contributed by atoms with Gasteiger partial charge in [0.1, 0.15) is 0 Å². The number of hydrogen-bond acceptors (Lipinski definition) is 0. The Morgan fingerprint density at radius 3 is 2.60 bits per heavy atom. The lowest BCUT2D eigenvalue weighted by Gasteiger charge is -2.30. The summed E-state index contributed by atoms with van der Waals surface area (Å²) in [7, 11) is 0. The fourth-order valence-corrected chi connectivity index (χ4v) is 4.35. The van der Waals surface area contributed by atoms with E-state index >= 15 is 0 Å². The molecule has 0 aromatic carbocycles. The Morgan fingerprint density at radius 1 is 1.13 bits per heavy atom. The van der Waals surface area contributed by atoms with Crippen molar-refractivity contribution in [3.05, 3.63) is 11.6 Å². The van der Waals surface area contributed by atoms with Gasteiger partial charge in [0.25, 0.3) is 0 Å². The van der Waals surface area contributed by atoms with E-state index < -0.39 is 0 Å². The molecule has 0 saturated heterocycles. The maximum Gasteiger partial charge on any atom is -0.00818 e. The largest absolute Gasteiger partial charge is 0.0842 e. The van der Waals surface area contributed by atoms with Crippen molar-refractivity contribution in [1.29, 1.82) is 0 Å². The molecule has 0 heterocycles. The fourth-order valence-electron chi connectivity index (χ4n) is 4.35. The van der Waals surface area contributed by atoms with Gasteiger partial charge in [-0.25, -0.2) is 0 Å². The van der Waals surface area contributed by atoms with Crippen molar-refractivity contribution in [3.8, 4) is 0 Å². The summed E-state index contributed by atoms with van der Waals surface area (Å²) >= 11 is 0. The standard InChI is InChI=1S/C15H24/c1-10-5-6-13-12(10)9-14(2,3)7-11-8-15(11,13)4/h6,10-12H,5,7-9H2,1-4H3/t10-,11-,12+,15+/m0/s1. The summed E-state index contributed by atoms with van der Waals surface area (Å²) in [6, 6.07) is 0. The van der Waals surface area contributed by atoms with Crippen molar-refractivity contribution < 1.29 is 0 Å². The highest BCUT2D eigenvalue weighted by Gasteiger charge is 2.58. The van der Waals surface area contributed by atoms with E-state index in [0.717, 1.165) is 17.8 Å². The van der Waals surface area contributed by atoms with Crippen LogP contribution in [0.4, 0.5) is 0 Å². The summed E-state index contributed by atoms with van der Waals surface area (Å²) in [6.45, 7) is 9.95. The molecule has 0 heteroatoms. The lowest BCUT2D eigenvalue weighted by Crippen LogP contribution is -2.19. The molecule has 0 aromatic rings. The minimum atomic E-state index is 0.585. The Hall–Kier alpha value is -0.260. The van der Waals surface area contributed by atoms with E-state index in [4.69, 9.17) is 0 Å². The average molecular weight is 204 g/mol. The first-order valence-corrected chi connectivity index (χ1v) is 6.63. The Morgan fingerprint density at radius 2 is 1.87 bits per heavy atom. The molecule has 2 saturated carbocycles. The summed E-state index contributed by atoms with van der Waals surface area (Å²) in [5.74, 6) is 2.84. The van der Waals surface area contributed by atoms with Gasteiger partial charge in [-0.1, -0.05) is 39.3 Å². The second-order valence-electron chi connectivity index (χ2n) is 7.37. The predicted molar refractivity (Wildman–Crippen MR) is 64.6 cm³/mol. The zero-order valence-electron chi connectivity index (χ0n) is 10.6. The molecule has 0 bridgehead atoms. The number of fused-ring (bicyclic) bond motifs is 3. The van der Waals surface area contributed by atoms with Crippen molar-refractivity contribution in [2.24, 2.45) is 28.6 Å². The fraction of sp³-hybridized carbons (Fsp3) is 0.867. The van der Waals surface area contributed by atoms with E-state index in [0.29, 0.717) is 10.8 Å².